The van der Waals surface area contributed by atoms with E-state index in [0.29, 0.717) is 12.0 Å². The van der Waals surface area contributed by atoms with Gasteiger partial charge in [-0.05, 0) is 26.7 Å². The Bertz CT molecular complexity index is 341. The Morgan fingerprint density at radius 2 is 2.00 bits per heavy atom. The molecule has 0 aliphatic rings. The fourth-order valence-electron chi connectivity index (χ4n) is 1.53. The number of nitrogens with one attached hydrogen (secondary N) is 1. The molecular formula is C12H24N4. The van der Waals surface area contributed by atoms with Crippen molar-refractivity contribution in [1.82, 2.24) is 9.78 Å². The first-order valence-electron chi connectivity index (χ1n) is 6.05. The number of aryl methyl sites for hydroxylation is 1. The first kappa shape index (κ1) is 12.9. The molecule has 1 heterocycles. The molecule has 4 nitrogen and oxygen atoms in total. The van der Waals surface area contributed by atoms with Crippen LogP contribution in [0.5, 0.6) is 0 Å². The molecule has 0 radical (unpaired) electrons. The van der Waals surface area contributed by atoms with Gasteiger partial charge in [0, 0.05) is 12.6 Å². The Balaban J connectivity index is 2.85. The number of aromatic nitrogens is 2. The van der Waals surface area contributed by atoms with Gasteiger partial charge in [-0.2, -0.15) is 5.10 Å². The van der Waals surface area contributed by atoms with Gasteiger partial charge in [0.25, 0.3) is 0 Å². The van der Waals surface area contributed by atoms with Crippen LogP contribution < -0.4 is 11.1 Å². The highest BCUT2D eigenvalue weighted by atomic mass is 15.4. The summed E-state index contributed by atoms with van der Waals surface area (Å²) in [5.41, 5.74) is 7.70. The summed E-state index contributed by atoms with van der Waals surface area (Å²) in [4.78, 5) is 0. The number of nitrogens with two attached hydrogens (primary N) is 1. The molecule has 0 aliphatic heterocycles. The third kappa shape index (κ3) is 2.68. The Labute approximate surface area is 98.2 Å². The van der Waals surface area contributed by atoms with Crippen molar-refractivity contribution in [2.75, 3.05) is 17.6 Å². The van der Waals surface area contributed by atoms with E-state index in [1.807, 2.05) is 11.6 Å². The van der Waals surface area contributed by atoms with Crippen LogP contribution in [0.4, 0.5) is 11.5 Å². The lowest BCUT2D eigenvalue weighted by Gasteiger charge is -2.15. The van der Waals surface area contributed by atoms with E-state index in [1.54, 1.807) is 0 Å². The highest BCUT2D eigenvalue weighted by Gasteiger charge is 2.14. The zero-order chi connectivity index (χ0) is 12.3. The minimum atomic E-state index is 0.329. The average molecular weight is 224 g/mol. The molecule has 0 fully saturated rings. The van der Waals surface area contributed by atoms with Gasteiger partial charge in [-0.1, -0.05) is 20.3 Å². The van der Waals surface area contributed by atoms with Crippen molar-refractivity contribution in [2.45, 2.75) is 47.1 Å². The van der Waals surface area contributed by atoms with Crippen molar-refractivity contribution in [3.63, 3.8) is 0 Å². The van der Waals surface area contributed by atoms with E-state index in [1.165, 1.54) is 6.42 Å². The van der Waals surface area contributed by atoms with Crippen molar-refractivity contribution in [1.29, 1.82) is 0 Å². The maximum atomic E-state index is 6.02. The number of hydrogen-bond donors (Lipinski definition) is 2. The van der Waals surface area contributed by atoms with Crippen LogP contribution in [0, 0.1) is 12.8 Å². The van der Waals surface area contributed by atoms with Crippen molar-refractivity contribution < 1.29 is 0 Å². The van der Waals surface area contributed by atoms with E-state index < -0.39 is 0 Å². The molecule has 0 aliphatic carbocycles. The normalized spacial score (nSPS) is 13.1. The van der Waals surface area contributed by atoms with Gasteiger partial charge in [0.05, 0.1) is 11.4 Å². The van der Waals surface area contributed by atoms with Crippen LogP contribution in [0.1, 0.15) is 45.9 Å². The number of nitrogen functional groups attached to an aromatic ring is 1. The second kappa shape index (κ2) is 5.23. The maximum Gasteiger partial charge on any atom is 0.148 e. The smallest absolute Gasteiger partial charge is 0.148 e. The number of anilines is 2. The molecule has 0 saturated carbocycles. The highest BCUT2D eigenvalue weighted by molar-refractivity contribution is 5.64. The van der Waals surface area contributed by atoms with Crippen LogP contribution in [0.3, 0.4) is 0 Å². The van der Waals surface area contributed by atoms with Gasteiger partial charge >= 0.3 is 0 Å². The molecule has 92 valence electrons. The third-order valence-electron chi connectivity index (χ3n) is 2.94. The molecule has 4 heteroatoms. The Hall–Kier alpha value is -1.19. The van der Waals surface area contributed by atoms with Gasteiger partial charge in [-0.25, -0.2) is 4.68 Å². The quantitative estimate of drug-likeness (QED) is 0.808. The zero-order valence-electron chi connectivity index (χ0n) is 11.0. The van der Waals surface area contributed by atoms with Gasteiger partial charge in [0.2, 0.25) is 0 Å². The van der Waals surface area contributed by atoms with E-state index in [4.69, 9.17) is 5.73 Å². The fraction of sp³-hybridized carbons (Fsp3) is 0.750. The monoisotopic (exact) mass is 224 g/mol. The third-order valence-corrected chi connectivity index (χ3v) is 2.94. The lowest BCUT2D eigenvalue weighted by molar-refractivity contribution is 0.527. The van der Waals surface area contributed by atoms with Gasteiger partial charge in [-0.3, -0.25) is 0 Å². The summed E-state index contributed by atoms with van der Waals surface area (Å²) in [5, 5.41) is 7.85. The highest BCUT2D eigenvalue weighted by Crippen LogP contribution is 2.25. The summed E-state index contributed by atoms with van der Waals surface area (Å²) < 4.78 is 1.97. The summed E-state index contributed by atoms with van der Waals surface area (Å²) in [6.45, 7) is 11.5. The molecule has 1 unspecified atom stereocenters. The Morgan fingerprint density at radius 1 is 1.38 bits per heavy atom. The molecule has 1 aromatic heterocycles. The summed E-state index contributed by atoms with van der Waals surface area (Å²) in [6.07, 6.45) is 1.17. The van der Waals surface area contributed by atoms with Gasteiger partial charge < -0.3 is 11.1 Å². The summed E-state index contributed by atoms with van der Waals surface area (Å²) in [7, 11) is 0. The maximum absolute atomic E-state index is 6.02. The zero-order valence-corrected chi connectivity index (χ0v) is 11.0. The topological polar surface area (TPSA) is 55.9 Å². The van der Waals surface area contributed by atoms with Crippen molar-refractivity contribution in [3.05, 3.63) is 5.69 Å². The number of nitrogens with zero attached hydrogens (tertiary/aromatic N) is 2. The first-order valence-corrected chi connectivity index (χ1v) is 6.05. The summed E-state index contributed by atoms with van der Waals surface area (Å²) in [6, 6.07) is 0.329. The second-order valence-corrected chi connectivity index (χ2v) is 4.78. The molecule has 0 bridgehead atoms. The lowest BCUT2D eigenvalue weighted by atomic mass is 10.1. The van der Waals surface area contributed by atoms with Crippen LogP contribution in [0.15, 0.2) is 0 Å². The van der Waals surface area contributed by atoms with Crippen LogP contribution in [-0.4, -0.2) is 16.3 Å². The van der Waals surface area contributed by atoms with E-state index in [2.05, 4.69) is 38.1 Å². The summed E-state index contributed by atoms with van der Waals surface area (Å²) >= 11 is 0. The minimum Gasteiger partial charge on any atom is -0.394 e. The molecule has 1 aromatic rings. The van der Waals surface area contributed by atoms with E-state index in [9.17, 15) is 0 Å². The molecule has 1 atom stereocenters. The van der Waals surface area contributed by atoms with Gasteiger partial charge in [0.1, 0.15) is 5.82 Å². The standard InChI is InChI=1S/C12H24N4/c1-6-9(4)7-14-12-11(13)10(5)15-16(12)8(2)3/h8-9,14H,6-7,13H2,1-5H3. The SMILES string of the molecule is CCC(C)CNc1c(N)c(C)nn1C(C)C. The van der Waals surface area contributed by atoms with Crippen molar-refractivity contribution >= 4 is 11.5 Å². The predicted octanol–water partition coefficient (Wildman–Crippen LogP) is 2.81. The molecule has 0 saturated heterocycles. The fourth-order valence-corrected chi connectivity index (χ4v) is 1.53. The largest absolute Gasteiger partial charge is 0.394 e. The van der Waals surface area contributed by atoms with Crippen LogP contribution in [-0.2, 0) is 0 Å². The molecule has 3 N–H and O–H groups in total. The predicted molar refractivity (Wildman–Crippen MR) is 69.7 cm³/mol. The molecule has 1 rings (SSSR count). The molecule has 16 heavy (non-hydrogen) atoms. The molecule has 0 spiro atoms. The van der Waals surface area contributed by atoms with Crippen LogP contribution in [0.2, 0.25) is 0 Å². The van der Waals surface area contributed by atoms with Crippen LogP contribution >= 0.6 is 0 Å². The summed E-state index contributed by atoms with van der Waals surface area (Å²) in [5.74, 6) is 1.61. The van der Waals surface area contributed by atoms with Gasteiger partial charge in [-0.15, -0.1) is 0 Å². The van der Waals surface area contributed by atoms with Crippen molar-refractivity contribution in [2.24, 2.45) is 5.92 Å². The Morgan fingerprint density at radius 3 is 2.50 bits per heavy atom. The molecule has 0 amide bonds. The second-order valence-electron chi connectivity index (χ2n) is 4.78. The van der Waals surface area contributed by atoms with Crippen LogP contribution in [0.25, 0.3) is 0 Å². The molecular weight excluding hydrogens is 200 g/mol. The first-order chi connectivity index (χ1) is 7.47. The minimum absolute atomic E-state index is 0.329. The number of hydrogen-bond acceptors (Lipinski definition) is 3. The Kier molecular flexibility index (Phi) is 4.21. The number of rotatable bonds is 5. The van der Waals surface area contributed by atoms with E-state index in [-0.39, 0.29) is 0 Å². The van der Waals surface area contributed by atoms with E-state index in [0.717, 1.165) is 23.7 Å². The molecule has 0 aromatic carbocycles. The van der Waals surface area contributed by atoms with Gasteiger partial charge in [0.15, 0.2) is 0 Å². The average Bonchev–Trinajstić information content (AvgIpc) is 2.53. The van der Waals surface area contributed by atoms with Crippen molar-refractivity contribution in [3.8, 4) is 0 Å². The lowest BCUT2D eigenvalue weighted by Crippen LogP contribution is -2.16. The van der Waals surface area contributed by atoms with E-state index >= 15 is 0 Å².